The van der Waals surface area contributed by atoms with Crippen LogP contribution < -0.4 is 21.9 Å². The van der Waals surface area contributed by atoms with E-state index in [0.29, 0.717) is 48.8 Å². The van der Waals surface area contributed by atoms with Crippen LogP contribution in [0.4, 0.5) is 0 Å². The van der Waals surface area contributed by atoms with Crippen LogP contribution in [0.2, 0.25) is 10.0 Å². The Morgan fingerprint density at radius 3 is 1.34 bits per heavy atom. The molecule has 3 N–H and O–H groups in total. The van der Waals surface area contributed by atoms with Crippen molar-refractivity contribution in [1.29, 1.82) is 0 Å². The van der Waals surface area contributed by atoms with Crippen molar-refractivity contribution in [2.75, 3.05) is 40.8 Å². The minimum absolute atomic E-state index is 0. The Balaban J connectivity index is 0.000000234. The highest BCUT2D eigenvalue weighted by molar-refractivity contribution is 7.91. The van der Waals surface area contributed by atoms with Crippen LogP contribution in [0.25, 0.3) is 33.2 Å². The molecule has 2 aromatic heterocycles. The number of nitrogens with zero attached hydrogens (tertiary/aromatic N) is 3. The summed E-state index contributed by atoms with van der Waals surface area (Å²) in [4.78, 5) is 77.7. The summed E-state index contributed by atoms with van der Waals surface area (Å²) in [5.74, 6) is -2.07. The molecule has 22 heteroatoms. The third-order valence-corrected chi connectivity index (χ3v) is 14.2. The van der Waals surface area contributed by atoms with Gasteiger partial charge in [-0.3, -0.25) is 19.2 Å². The molecular weight excluding hydrogens is 1080 g/mol. The number of halogens is 3. The van der Waals surface area contributed by atoms with Crippen molar-refractivity contribution in [2.45, 2.75) is 22.9 Å². The van der Waals surface area contributed by atoms with Gasteiger partial charge in [-0.25, -0.2) is 26.4 Å². The topological polar surface area (TPSA) is 240 Å². The first-order valence-electron chi connectivity index (χ1n) is 22.4. The van der Waals surface area contributed by atoms with Crippen molar-refractivity contribution in [1.82, 2.24) is 19.4 Å². The van der Waals surface area contributed by atoms with Crippen LogP contribution in [-0.4, -0.2) is 95.4 Å². The molecule has 396 valence electrons. The number of rotatable bonds is 11. The van der Waals surface area contributed by atoms with E-state index in [-0.39, 0.29) is 74.7 Å². The molecule has 0 aliphatic carbocycles. The highest BCUT2D eigenvalue weighted by atomic mass is 35.5. The lowest BCUT2D eigenvalue weighted by molar-refractivity contribution is 0.0579. The van der Waals surface area contributed by atoms with Crippen molar-refractivity contribution >= 4 is 101 Å². The fourth-order valence-electron chi connectivity index (χ4n) is 7.84. The van der Waals surface area contributed by atoms with Gasteiger partial charge in [-0.2, -0.15) is 0 Å². The highest BCUT2D eigenvalue weighted by Crippen LogP contribution is 2.28. The Labute approximate surface area is 453 Å². The van der Waals surface area contributed by atoms with Gasteiger partial charge in [0, 0.05) is 82.0 Å². The number of esters is 2. The molecule has 0 atom stereocenters. The van der Waals surface area contributed by atoms with Gasteiger partial charge in [0.2, 0.25) is 0 Å². The van der Waals surface area contributed by atoms with E-state index in [4.69, 9.17) is 38.4 Å². The zero-order valence-corrected chi connectivity index (χ0v) is 45.5. The lowest BCUT2D eigenvalue weighted by Gasteiger charge is -2.23. The number of nitrogens with one attached hydrogen (secondary N) is 1. The molecule has 0 aliphatic heterocycles. The highest BCUT2D eigenvalue weighted by Gasteiger charge is 2.27. The van der Waals surface area contributed by atoms with Gasteiger partial charge in [0.25, 0.3) is 11.8 Å². The monoisotopic (exact) mass is 1130 g/mol. The standard InChI is InChI=1S/C27H23ClN2O6S.C18H15ClN2O3.C9H11NO3S.ClH/c1-29(26(32)17-9-12-20(13-10-17)37(3,34)35)16-22-24(27(33)36-2)30(19-7-5-4-6-8-19)23-15-18(28)11-14-21(23)25(22)31;1-24-18(23)16-14(10-20)17(22)13-8-7-11(19)9-15(13)21(16)12-5-3-2-4-6-12;1-10-9(11)7-3-5-8(6-4-7)14(2,12)13;/h4-15H,16H2,1-3H3;2-9H,10,20H2,1H3;3-6H,1-2H3,(H,10,11);1H. The van der Waals surface area contributed by atoms with Crippen LogP contribution in [0, 0.1) is 0 Å². The van der Waals surface area contributed by atoms with Crippen LogP contribution in [0.15, 0.2) is 165 Å². The third-order valence-electron chi connectivity index (χ3n) is 11.5. The summed E-state index contributed by atoms with van der Waals surface area (Å²) in [5, 5.41) is 4.05. The molecule has 0 saturated carbocycles. The zero-order valence-electron chi connectivity index (χ0n) is 41.6. The van der Waals surface area contributed by atoms with Gasteiger partial charge in [-0.05, 0) is 109 Å². The molecule has 0 fully saturated rings. The third kappa shape index (κ3) is 13.2. The van der Waals surface area contributed by atoms with Crippen molar-refractivity contribution in [3.63, 3.8) is 0 Å². The average Bonchev–Trinajstić information content (AvgIpc) is 3.41. The number of methoxy groups -OCH3 is 2. The molecule has 8 rings (SSSR count). The van der Waals surface area contributed by atoms with E-state index in [1.807, 2.05) is 36.4 Å². The minimum atomic E-state index is -3.42. The largest absolute Gasteiger partial charge is 0.464 e. The summed E-state index contributed by atoms with van der Waals surface area (Å²) in [7, 11) is -1.11. The maximum Gasteiger partial charge on any atom is 0.355 e. The molecule has 0 bridgehead atoms. The molecule has 0 aliphatic rings. The summed E-state index contributed by atoms with van der Waals surface area (Å²) < 4.78 is 58.9. The Kier molecular flexibility index (Phi) is 19.7. The SMILES string of the molecule is CNC(=O)c1ccc(S(C)(=O)=O)cc1.COC(=O)c1c(CN(C)C(=O)c2ccc(S(C)(=O)=O)cc2)c(=O)c2ccc(Cl)cc2n1-c1ccccc1.COC(=O)c1c(CN)c(=O)c2ccc(Cl)cc2n1-c1ccccc1.Cl. The van der Waals surface area contributed by atoms with Crippen LogP contribution in [-0.2, 0) is 42.2 Å². The smallest absolute Gasteiger partial charge is 0.355 e. The number of aromatic nitrogens is 2. The number of carbonyl (C=O) groups is 4. The molecule has 0 saturated heterocycles. The van der Waals surface area contributed by atoms with E-state index in [1.54, 1.807) is 69.8 Å². The number of hydrogen-bond acceptors (Lipinski definition) is 13. The van der Waals surface area contributed by atoms with Gasteiger partial charge >= 0.3 is 11.9 Å². The summed E-state index contributed by atoms with van der Waals surface area (Å²) in [6, 6.07) is 39.1. The molecular formula is C54H50Cl3N5O12S2. The van der Waals surface area contributed by atoms with Gasteiger partial charge in [0.05, 0.1) is 47.2 Å². The van der Waals surface area contributed by atoms with E-state index < -0.39 is 42.9 Å². The minimum Gasteiger partial charge on any atom is -0.464 e. The van der Waals surface area contributed by atoms with Crippen LogP contribution >= 0.6 is 35.6 Å². The number of carbonyl (C=O) groups excluding carboxylic acids is 4. The summed E-state index contributed by atoms with van der Waals surface area (Å²) in [5.41, 5.74) is 8.31. The summed E-state index contributed by atoms with van der Waals surface area (Å²) >= 11 is 12.4. The molecule has 2 heterocycles. The number of sulfone groups is 2. The van der Waals surface area contributed by atoms with Gasteiger partial charge in [-0.15, -0.1) is 12.4 Å². The molecule has 0 unspecified atom stereocenters. The fraction of sp³-hybridized carbons (Fsp3) is 0.148. The van der Waals surface area contributed by atoms with E-state index in [1.165, 1.54) is 81.7 Å². The Morgan fingerprint density at radius 2 is 0.974 bits per heavy atom. The maximum absolute atomic E-state index is 13.6. The number of para-hydroxylation sites is 2. The van der Waals surface area contributed by atoms with Gasteiger partial charge in [0.1, 0.15) is 11.4 Å². The van der Waals surface area contributed by atoms with Gasteiger partial charge in [0.15, 0.2) is 30.5 Å². The molecule has 76 heavy (non-hydrogen) atoms. The second kappa shape index (κ2) is 25.3. The van der Waals surface area contributed by atoms with E-state index in [0.717, 1.165) is 12.5 Å². The van der Waals surface area contributed by atoms with Crippen molar-refractivity contribution in [3.05, 3.63) is 210 Å². The number of fused-ring (bicyclic) bond motifs is 2. The maximum atomic E-state index is 13.6. The van der Waals surface area contributed by atoms with Gasteiger partial charge in [-0.1, -0.05) is 59.6 Å². The lowest BCUT2D eigenvalue weighted by Crippen LogP contribution is -2.32. The average molecular weight is 1130 g/mol. The van der Waals surface area contributed by atoms with Crippen molar-refractivity contribution in [2.24, 2.45) is 5.73 Å². The Bertz CT molecular complexity index is 3840. The normalized spacial score (nSPS) is 11.0. The van der Waals surface area contributed by atoms with E-state index in [2.05, 4.69) is 5.32 Å². The zero-order chi connectivity index (χ0) is 54.9. The quantitative estimate of drug-likeness (QED) is 0.117. The number of ether oxygens (including phenoxy) is 2. The molecule has 17 nitrogen and oxygen atoms in total. The predicted octanol–water partition coefficient (Wildman–Crippen LogP) is 7.87. The Hall–Kier alpha value is -7.65. The number of benzene rings is 6. The van der Waals surface area contributed by atoms with Crippen LogP contribution in [0.5, 0.6) is 0 Å². The first-order valence-corrected chi connectivity index (χ1v) is 26.9. The number of amides is 2. The van der Waals surface area contributed by atoms with E-state index in [9.17, 15) is 45.6 Å². The van der Waals surface area contributed by atoms with E-state index >= 15 is 0 Å². The Morgan fingerprint density at radius 1 is 0.592 bits per heavy atom. The molecule has 0 radical (unpaired) electrons. The second-order valence-corrected chi connectivity index (χ2v) is 21.4. The summed E-state index contributed by atoms with van der Waals surface area (Å²) in [6.45, 7) is -0.282. The molecule has 8 aromatic rings. The van der Waals surface area contributed by atoms with Crippen LogP contribution in [0.1, 0.15) is 52.8 Å². The van der Waals surface area contributed by atoms with Gasteiger partial charge < -0.3 is 34.6 Å². The fourth-order valence-corrected chi connectivity index (χ4v) is 9.43. The first kappa shape index (κ1) is 59.2. The molecule has 6 aromatic carbocycles. The lowest BCUT2D eigenvalue weighted by atomic mass is 10.0. The number of hydrogen-bond donors (Lipinski definition) is 2. The first-order chi connectivity index (χ1) is 35.5. The van der Waals surface area contributed by atoms with Crippen molar-refractivity contribution < 1.29 is 45.5 Å². The second-order valence-electron chi connectivity index (χ2n) is 16.5. The van der Waals surface area contributed by atoms with Crippen LogP contribution in [0.3, 0.4) is 0 Å². The number of nitrogens with two attached hydrogens (primary N) is 1. The number of pyridine rings is 2. The molecule has 0 spiro atoms. The summed E-state index contributed by atoms with van der Waals surface area (Å²) in [6.07, 6.45) is 2.21. The molecule has 2 amide bonds. The van der Waals surface area contributed by atoms with Crippen molar-refractivity contribution in [3.8, 4) is 11.4 Å². The predicted molar refractivity (Wildman–Crippen MR) is 295 cm³/mol.